The van der Waals surface area contributed by atoms with E-state index in [-0.39, 0.29) is 0 Å². The van der Waals surface area contributed by atoms with Crippen LogP contribution in [0.25, 0.3) is 11.6 Å². The van der Waals surface area contributed by atoms with Gasteiger partial charge in [0.15, 0.2) is 17.3 Å². The summed E-state index contributed by atoms with van der Waals surface area (Å²) in [6.07, 6.45) is 6.03. The van der Waals surface area contributed by atoms with Crippen molar-refractivity contribution in [1.29, 1.82) is 0 Å². The molecule has 0 spiro atoms. The van der Waals surface area contributed by atoms with Crippen LogP contribution in [0.1, 0.15) is 43.0 Å². The maximum absolute atomic E-state index is 6.39. The number of fused-ring (bicyclic) bond motifs is 1. The molecule has 6 heteroatoms. The summed E-state index contributed by atoms with van der Waals surface area (Å²) in [5.41, 5.74) is 7.73. The van der Waals surface area contributed by atoms with Crippen LogP contribution in [0.15, 0.2) is 22.7 Å². The van der Waals surface area contributed by atoms with Gasteiger partial charge in [0.25, 0.3) is 5.89 Å². The molecule has 0 amide bonds. The summed E-state index contributed by atoms with van der Waals surface area (Å²) in [7, 11) is 1.63. The number of hydrogen-bond acceptors (Lipinski definition) is 6. The zero-order chi connectivity index (χ0) is 15.9. The lowest BCUT2D eigenvalue weighted by Gasteiger charge is -2.19. The molecule has 1 fully saturated rings. The Labute approximate surface area is 134 Å². The monoisotopic (exact) mass is 313 g/mol. The highest BCUT2D eigenvalue weighted by atomic mass is 16.5. The zero-order valence-electron chi connectivity index (χ0n) is 13.0. The van der Waals surface area contributed by atoms with Crippen molar-refractivity contribution < 1.29 is 14.0 Å². The van der Waals surface area contributed by atoms with Crippen molar-refractivity contribution in [2.45, 2.75) is 31.2 Å². The standard InChI is InChI=1S/C17H19N3O3/c1-21-13-6-4-5-11-9-12(10-22-14(11)13)15-19-16(20-23-15)17(18)7-2-3-8-17/h4-6,9H,2-3,7-8,10,18H2,1H3. The molecule has 0 radical (unpaired) electrons. The van der Waals surface area contributed by atoms with Gasteiger partial charge in [-0.3, -0.25) is 0 Å². The number of methoxy groups -OCH3 is 1. The maximum Gasteiger partial charge on any atom is 0.257 e. The quantitative estimate of drug-likeness (QED) is 0.938. The molecule has 1 aromatic heterocycles. The first-order valence-corrected chi connectivity index (χ1v) is 7.83. The van der Waals surface area contributed by atoms with E-state index in [1.807, 2.05) is 24.3 Å². The Morgan fingerprint density at radius 1 is 1.26 bits per heavy atom. The summed E-state index contributed by atoms with van der Waals surface area (Å²) < 4.78 is 16.6. The van der Waals surface area contributed by atoms with Crippen LogP contribution in [0.5, 0.6) is 11.5 Å². The minimum Gasteiger partial charge on any atom is -0.493 e. The molecule has 1 aliphatic carbocycles. The summed E-state index contributed by atoms with van der Waals surface area (Å²) in [5.74, 6) is 2.54. The van der Waals surface area contributed by atoms with Crippen LogP contribution in [-0.2, 0) is 5.54 Å². The average molecular weight is 313 g/mol. The number of nitrogens with zero attached hydrogens (tertiary/aromatic N) is 2. The molecule has 1 saturated carbocycles. The Morgan fingerprint density at radius 2 is 2.09 bits per heavy atom. The highest BCUT2D eigenvalue weighted by Crippen LogP contribution is 2.38. The van der Waals surface area contributed by atoms with E-state index in [9.17, 15) is 0 Å². The van der Waals surface area contributed by atoms with Crippen molar-refractivity contribution in [2.24, 2.45) is 5.73 Å². The summed E-state index contributed by atoms with van der Waals surface area (Å²) >= 11 is 0. The Morgan fingerprint density at radius 3 is 2.87 bits per heavy atom. The van der Waals surface area contributed by atoms with E-state index in [1.165, 1.54) is 0 Å². The third-order valence-corrected chi connectivity index (χ3v) is 4.57. The van der Waals surface area contributed by atoms with E-state index >= 15 is 0 Å². The van der Waals surface area contributed by atoms with Gasteiger partial charge in [0.2, 0.25) is 0 Å². The highest BCUT2D eigenvalue weighted by Gasteiger charge is 2.36. The fourth-order valence-corrected chi connectivity index (χ4v) is 3.25. The molecule has 2 N–H and O–H groups in total. The Bertz CT molecular complexity index is 760. The van der Waals surface area contributed by atoms with Crippen molar-refractivity contribution >= 4 is 11.6 Å². The number of rotatable bonds is 3. The molecule has 4 rings (SSSR count). The summed E-state index contributed by atoms with van der Waals surface area (Å²) in [5, 5.41) is 4.10. The first kappa shape index (κ1) is 14.3. The Hall–Kier alpha value is -2.34. The van der Waals surface area contributed by atoms with E-state index in [0.717, 1.165) is 48.3 Å². The topological polar surface area (TPSA) is 83.4 Å². The number of aromatic nitrogens is 2. The lowest BCUT2D eigenvalue weighted by atomic mass is 9.98. The second-order valence-corrected chi connectivity index (χ2v) is 6.12. The normalized spacial score (nSPS) is 19.0. The highest BCUT2D eigenvalue weighted by molar-refractivity contribution is 5.83. The second kappa shape index (κ2) is 5.38. The molecule has 0 unspecified atom stereocenters. The summed E-state index contributed by atoms with van der Waals surface area (Å²) in [6.45, 7) is 0.368. The van der Waals surface area contributed by atoms with Gasteiger partial charge >= 0.3 is 0 Å². The third-order valence-electron chi connectivity index (χ3n) is 4.57. The van der Waals surface area contributed by atoms with Crippen LogP contribution in [0, 0.1) is 0 Å². The molecule has 120 valence electrons. The van der Waals surface area contributed by atoms with E-state index in [0.29, 0.717) is 18.3 Å². The number of nitrogens with two attached hydrogens (primary N) is 1. The molecule has 1 aromatic carbocycles. The molecule has 0 atom stereocenters. The maximum atomic E-state index is 6.39. The van der Waals surface area contributed by atoms with Crippen LogP contribution in [0.4, 0.5) is 0 Å². The van der Waals surface area contributed by atoms with Gasteiger partial charge in [-0.25, -0.2) is 0 Å². The minimum atomic E-state index is -0.445. The summed E-state index contributed by atoms with van der Waals surface area (Å²) in [6, 6.07) is 5.77. The van der Waals surface area contributed by atoms with Crippen molar-refractivity contribution in [3.63, 3.8) is 0 Å². The van der Waals surface area contributed by atoms with Crippen LogP contribution in [0.3, 0.4) is 0 Å². The predicted octanol–water partition coefficient (Wildman–Crippen LogP) is 2.74. The SMILES string of the molecule is COc1cccc2c1OCC(c1nc(C3(N)CCCC3)no1)=C2. The van der Waals surface area contributed by atoms with Gasteiger partial charge in [-0.2, -0.15) is 4.98 Å². The van der Waals surface area contributed by atoms with Crippen molar-refractivity contribution in [3.8, 4) is 11.5 Å². The van der Waals surface area contributed by atoms with Gasteiger partial charge in [-0.05, 0) is 25.0 Å². The van der Waals surface area contributed by atoms with Crippen LogP contribution in [0.2, 0.25) is 0 Å². The Kier molecular flexibility index (Phi) is 3.34. The number of para-hydroxylation sites is 1. The summed E-state index contributed by atoms with van der Waals surface area (Å²) in [4.78, 5) is 4.52. The largest absolute Gasteiger partial charge is 0.493 e. The second-order valence-electron chi connectivity index (χ2n) is 6.12. The van der Waals surface area contributed by atoms with Crippen molar-refractivity contribution in [1.82, 2.24) is 10.1 Å². The first-order valence-electron chi connectivity index (χ1n) is 7.83. The van der Waals surface area contributed by atoms with Gasteiger partial charge in [0, 0.05) is 5.56 Å². The molecule has 2 heterocycles. The fraction of sp³-hybridized carbons (Fsp3) is 0.412. The van der Waals surface area contributed by atoms with Crippen LogP contribution in [-0.4, -0.2) is 23.9 Å². The van der Waals surface area contributed by atoms with Gasteiger partial charge < -0.3 is 19.7 Å². The number of benzene rings is 1. The molecule has 2 aliphatic rings. The average Bonchev–Trinajstić information content (AvgIpc) is 3.24. The van der Waals surface area contributed by atoms with E-state index in [4.69, 9.17) is 19.7 Å². The molecular weight excluding hydrogens is 294 g/mol. The molecular formula is C17H19N3O3. The molecule has 1 aliphatic heterocycles. The number of hydrogen-bond donors (Lipinski definition) is 1. The molecule has 2 aromatic rings. The molecule has 6 nitrogen and oxygen atoms in total. The Balaban J connectivity index is 1.66. The van der Waals surface area contributed by atoms with Crippen molar-refractivity contribution in [2.75, 3.05) is 13.7 Å². The first-order chi connectivity index (χ1) is 11.2. The third kappa shape index (κ3) is 2.39. The van der Waals surface area contributed by atoms with E-state index < -0.39 is 5.54 Å². The van der Waals surface area contributed by atoms with Gasteiger partial charge in [0.1, 0.15) is 6.61 Å². The van der Waals surface area contributed by atoms with E-state index in [1.54, 1.807) is 7.11 Å². The fourth-order valence-electron chi connectivity index (χ4n) is 3.25. The lowest BCUT2D eigenvalue weighted by molar-refractivity contribution is 0.320. The van der Waals surface area contributed by atoms with Gasteiger partial charge in [0.05, 0.1) is 18.2 Å². The lowest BCUT2D eigenvalue weighted by Crippen LogP contribution is -2.34. The van der Waals surface area contributed by atoms with Crippen LogP contribution >= 0.6 is 0 Å². The smallest absolute Gasteiger partial charge is 0.257 e. The molecule has 0 saturated heterocycles. The molecule has 0 bridgehead atoms. The zero-order valence-corrected chi connectivity index (χ0v) is 13.0. The molecule has 23 heavy (non-hydrogen) atoms. The van der Waals surface area contributed by atoms with E-state index in [2.05, 4.69) is 10.1 Å². The minimum absolute atomic E-state index is 0.368. The number of ether oxygens (including phenoxy) is 2. The van der Waals surface area contributed by atoms with Gasteiger partial charge in [-0.1, -0.05) is 30.1 Å². The predicted molar refractivity (Wildman–Crippen MR) is 85.0 cm³/mol. The van der Waals surface area contributed by atoms with Crippen molar-refractivity contribution in [3.05, 3.63) is 35.5 Å². The van der Waals surface area contributed by atoms with Crippen LogP contribution < -0.4 is 15.2 Å². The van der Waals surface area contributed by atoms with Gasteiger partial charge in [-0.15, -0.1) is 0 Å².